The minimum atomic E-state index is 0.0723. The van der Waals surface area contributed by atoms with Gasteiger partial charge in [-0.15, -0.1) is 0 Å². The Bertz CT molecular complexity index is 391. The van der Waals surface area contributed by atoms with Crippen molar-refractivity contribution in [1.29, 1.82) is 0 Å². The summed E-state index contributed by atoms with van der Waals surface area (Å²) in [5.41, 5.74) is 3.47. The van der Waals surface area contributed by atoms with Gasteiger partial charge < -0.3 is 0 Å². The van der Waals surface area contributed by atoms with E-state index in [1.165, 1.54) is 0 Å². The first kappa shape index (κ1) is 7.22. The molecule has 0 aromatic carbocycles. The van der Waals surface area contributed by atoms with E-state index < -0.39 is 0 Å². The summed E-state index contributed by atoms with van der Waals surface area (Å²) in [5, 5.41) is 0. The molecule has 0 radical (unpaired) electrons. The van der Waals surface area contributed by atoms with Crippen molar-refractivity contribution in [2.24, 2.45) is 0 Å². The third kappa shape index (κ3) is 0.749. The molecule has 12 heavy (non-hydrogen) atoms. The first-order valence-electron chi connectivity index (χ1n) is 3.89. The van der Waals surface area contributed by atoms with E-state index in [-0.39, 0.29) is 5.78 Å². The molecule has 0 unspecified atom stereocenters. The molecule has 0 bridgehead atoms. The maximum absolute atomic E-state index is 11.5. The van der Waals surface area contributed by atoms with Gasteiger partial charge >= 0.3 is 0 Å². The fraction of sp³-hybridized carbons (Fsp3) is 0.200. The lowest BCUT2D eigenvalue weighted by molar-refractivity contribution is 0.103. The van der Waals surface area contributed by atoms with Crippen molar-refractivity contribution in [3.8, 4) is 0 Å². The maximum Gasteiger partial charge on any atom is 0.207 e. The van der Waals surface area contributed by atoms with Crippen LogP contribution >= 0.6 is 0 Å². The highest BCUT2D eigenvalue weighted by Gasteiger charge is 2.24. The zero-order valence-corrected chi connectivity index (χ0v) is 7.09. The molecule has 1 aromatic rings. The lowest BCUT2D eigenvalue weighted by atomic mass is 10.1. The van der Waals surface area contributed by atoms with Gasteiger partial charge in [0.2, 0.25) is 5.78 Å². The molecule has 0 atom stereocenters. The highest BCUT2D eigenvalue weighted by atomic mass is 16.1. The van der Waals surface area contributed by atoms with E-state index in [1.54, 1.807) is 6.20 Å². The van der Waals surface area contributed by atoms with Crippen molar-refractivity contribution in [2.75, 3.05) is 0 Å². The van der Waals surface area contributed by atoms with Gasteiger partial charge in [-0.3, -0.25) is 9.78 Å². The Morgan fingerprint density at radius 3 is 2.67 bits per heavy atom. The Morgan fingerprint density at radius 1 is 1.25 bits per heavy atom. The van der Waals surface area contributed by atoms with E-state index in [9.17, 15) is 4.79 Å². The van der Waals surface area contributed by atoms with Crippen LogP contribution in [0.25, 0.3) is 5.57 Å². The molecule has 0 fully saturated rings. The van der Waals surface area contributed by atoms with Crippen LogP contribution < -0.4 is 0 Å². The first-order chi connectivity index (χ1) is 5.72. The molecule has 0 aliphatic heterocycles. The van der Waals surface area contributed by atoms with E-state index in [4.69, 9.17) is 0 Å². The van der Waals surface area contributed by atoms with Gasteiger partial charge in [0, 0.05) is 17.3 Å². The number of hydrogen-bond donors (Lipinski definition) is 0. The Morgan fingerprint density at radius 2 is 2.00 bits per heavy atom. The average Bonchev–Trinajstić information content (AvgIpc) is 2.33. The van der Waals surface area contributed by atoms with Gasteiger partial charge in [-0.25, -0.2) is 0 Å². The fourth-order valence-corrected chi connectivity index (χ4v) is 1.44. The molecular weight excluding hydrogens is 150 g/mol. The summed E-state index contributed by atoms with van der Waals surface area (Å²) < 4.78 is 0. The SMILES string of the molecule is CC1=C(C)c2cccnc2C1=O. The van der Waals surface area contributed by atoms with Crippen molar-refractivity contribution in [2.45, 2.75) is 13.8 Å². The molecule has 2 rings (SSSR count). The van der Waals surface area contributed by atoms with Crippen LogP contribution in [0.15, 0.2) is 23.9 Å². The highest BCUT2D eigenvalue weighted by Crippen LogP contribution is 2.29. The molecule has 0 amide bonds. The van der Waals surface area contributed by atoms with Crippen molar-refractivity contribution in [3.05, 3.63) is 35.2 Å². The molecule has 1 aliphatic rings. The molecule has 60 valence electrons. The molecule has 1 aliphatic carbocycles. The number of hydrogen-bond acceptors (Lipinski definition) is 2. The molecule has 0 saturated carbocycles. The second-order valence-electron chi connectivity index (χ2n) is 2.98. The Balaban J connectivity index is 2.73. The van der Waals surface area contributed by atoms with Gasteiger partial charge in [0.25, 0.3) is 0 Å². The third-order valence-electron chi connectivity index (χ3n) is 2.33. The lowest BCUT2D eigenvalue weighted by Crippen LogP contribution is -1.98. The average molecular weight is 159 g/mol. The van der Waals surface area contributed by atoms with Crippen molar-refractivity contribution in [1.82, 2.24) is 4.98 Å². The van der Waals surface area contributed by atoms with Crippen LogP contribution in [0, 0.1) is 0 Å². The van der Waals surface area contributed by atoms with Gasteiger partial charge in [-0.1, -0.05) is 6.07 Å². The summed E-state index contributed by atoms with van der Waals surface area (Å²) in [4.78, 5) is 15.5. The van der Waals surface area contributed by atoms with Gasteiger partial charge in [-0.05, 0) is 25.5 Å². The van der Waals surface area contributed by atoms with Crippen LogP contribution in [0.3, 0.4) is 0 Å². The maximum atomic E-state index is 11.5. The van der Waals surface area contributed by atoms with Gasteiger partial charge in [0.15, 0.2) is 0 Å². The predicted molar refractivity (Wildman–Crippen MR) is 46.8 cm³/mol. The molecule has 0 saturated heterocycles. The minimum absolute atomic E-state index is 0.0723. The Hall–Kier alpha value is -1.44. The fourth-order valence-electron chi connectivity index (χ4n) is 1.44. The summed E-state index contributed by atoms with van der Waals surface area (Å²) >= 11 is 0. The van der Waals surface area contributed by atoms with Gasteiger partial charge in [-0.2, -0.15) is 0 Å². The van der Waals surface area contributed by atoms with Gasteiger partial charge in [0.1, 0.15) is 5.69 Å². The summed E-state index contributed by atoms with van der Waals surface area (Å²) in [6.07, 6.45) is 1.66. The largest absolute Gasteiger partial charge is 0.287 e. The summed E-state index contributed by atoms with van der Waals surface area (Å²) in [7, 11) is 0. The minimum Gasteiger partial charge on any atom is -0.287 e. The number of allylic oxidation sites excluding steroid dienone is 2. The number of carbonyl (C=O) groups excluding carboxylic acids is 1. The monoisotopic (exact) mass is 159 g/mol. The molecule has 2 nitrogen and oxygen atoms in total. The number of carbonyl (C=O) groups is 1. The molecular formula is C10H9NO. The topological polar surface area (TPSA) is 30.0 Å². The Kier molecular flexibility index (Phi) is 1.37. The number of nitrogens with zero attached hydrogens (tertiary/aromatic N) is 1. The number of aromatic nitrogens is 1. The van der Waals surface area contributed by atoms with E-state index in [2.05, 4.69) is 4.98 Å². The number of rotatable bonds is 0. The number of pyridine rings is 1. The van der Waals surface area contributed by atoms with Gasteiger partial charge in [0.05, 0.1) is 0 Å². The van der Waals surface area contributed by atoms with Crippen molar-refractivity contribution < 1.29 is 4.79 Å². The van der Waals surface area contributed by atoms with E-state index in [0.29, 0.717) is 5.69 Å². The third-order valence-corrected chi connectivity index (χ3v) is 2.33. The van der Waals surface area contributed by atoms with E-state index in [0.717, 1.165) is 16.7 Å². The number of fused-ring (bicyclic) bond motifs is 1. The lowest BCUT2D eigenvalue weighted by Gasteiger charge is -1.95. The van der Waals surface area contributed by atoms with Crippen molar-refractivity contribution in [3.63, 3.8) is 0 Å². The summed E-state index contributed by atoms with van der Waals surface area (Å²) in [6, 6.07) is 3.79. The van der Waals surface area contributed by atoms with E-state index >= 15 is 0 Å². The van der Waals surface area contributed by atoms with E-state index in [1.807, 2.05) is 26.0 Å². The second-order valence-corrected chi connectivity index (χ2v) is 2.98. The zero-order valence-electron chi connectivity index (χ0n) is 7.09. The predicted octanol–water partition coefficient (Wildman–Crippen LogP) is 2.07. The molecule has 0 N–H and O–H groups in total. The molecule has 2 heteroatoms. The second kappa shape index (κ2) is 2.27. The summed E-state index contributed by atoms with van der Waals surface area (Å²) in [5.74, 6) is 0.0723. The van der Waals surface area contributed by atoms with Crippen LogP contribution in [0.1, 0.15) is 29.9 Å². The summed E-state index contributed by atoms with van der Waals surface area (Å²) in [6.45, 7) is 3.81. The Labute approximate surface area is 70.9 Å². The molecule has 1 aromatic heterocycles. The number of ketones is 1. The van der Waals surface area contributed by atoms with Crippen molar-refractivity contribution >= 4 is 11.4 Å². The van der Waals surface area contributed by atoms with Crippen LogP contribution in [-0.4, -0.2) is 10.8 Å². The van der Waals surface area contributed by atoms with Crippen LogP contribution in [0.4, 0.5) is 0 Å². The van der Waals surface area contributed by atoms with Crippen LogP contribution in [0.5, 0.6) is 0 Å². The number of Topliss-reactive ketones (excluding diaryl/α,β-unsaturated/α-hetero) is 1. The quantitative estimate of drug-likeness (QED) is 0.580. The standard InChI is InChI=1S/C10H9NO/c1-6-7(2)10(12)9-8(6)4-3-5-11-9/h3-5H,1-2H3. The highest BCUT2D eigenvalue weighted by molar-refractivity contribution is 6.18. The van der Waals surface area contributed by atoms with Crippen LogP contribution in [0.2, 0.25) is 0 Å². The zero-order chi connectivity index (χ0) is 8.72. The molecule has 1 heterocycles. The molecule has 0 spiro atoms. The van der Waals surface area contributed by atoms with Crippen LogP contribution in [-0.2, 0) is 0 Å². The smallest absolute Gasteiger partial charge is 0.207 e. The first-order valence-corrected chi connectivity index (χ1v) is 3.89. The normalized spacial score (nSPS) is 15.3.